The Morgan fingerprint density at radius 2 is 2.38 bits per heavy atom. The van der Waals surface area contributed by atoms with Gasteiger partial charge in [-0.2, -0.15) is 0 Å². The number of carbonyl (C=O) groups is 1. The van der Waals surface area contributed by atoms with E-state index in [4.69, 9.17) is 17.3 Å². The van der Waals surface area contributed by atoms with Gasteiger partial charge in [-0.1, -0.05) is 18.2 Å². The lowest BCUT2D eigenvalue weighted by molar-refractivity contribution is 0.1000. The molecule has 1 aromatic rings. The van der Waals surface area contributed by atoms with Crippen LogP contribution in [0.15, 0.2) is 17.7 Å². The van der Waals surface area contributed by atoms with E-state index in [1.165, 1.54) is 12.3 Å². The molecule has 0 atom stereocenters. The maximum atomic E-state index is 10.8. The van der Waals surface area contributed by atoms with Crippen LogP contribution in [0.1, 0.15) is 16.1 Å². The van der Waals surface area contributed by atoms with Crippen LogP contribution in [-0.2, 0) is 0 Å². The van der Waals surface area contributed by atoms with Crippen LogP contribution in [-0.4, -0.2) is 10.9 Å². The Morgan fingerprint density at radius 1 is 1.77 bits per heavy atom. The normalized spacial score (nSPS) is 9.69. The van der Waals surface area contributed by atoms with Crippen LogP contribution in [0, 0.1) is 0 Å². The summed E-state index contributed by atoms with van der Waals surface area (Å²) in [5.41, 5.74) is 5.74. The minimum absolute atomic E-state index is 0.164. The van der Waals surface area contributed by atoms with Gasteiger partial charge in [0.1, 0.15) is 0 Å². The Morgan fingerprint density at radius 3 is 2.85 bits per heavy atom. The molecule has 3 nitrogen and oxygen atoms in total. The second-order valence-corrected chi connectivity index (χ2v) is 3.11. The molecule has 0 unspecified atom stereocenters. The van der Waals surface area contributed by atoms with E-state index >= 15 is 0 Å². The molecule has 0 aromatic carbocycles. The highest BCUT2D eigenvalue weighted by Gasteiger charge is 2.11. The van der Waals surface area contributed by atoms with E-state index in [9.17, 15) is 4.79 Å². The van der Waals surface area contributed by atoms with Crippen molar-refractivity contribution in [1.29, 1.82) is 0 Å². The fraction of sp³-hybridized carbons (Fsp3) is 0. The molecule has 5 heteroatoms. The first-order valence-electron chi connectivity index (χ1n) is 3.37. The third-order valence-corrected chi connectivity index (χ3v) is 2.46. The number of amides is 1. The number of carbonyl (C=O) groups excluding carboxylic acids is 1. The molecule has 13 heavy (non-hydrogen) atoms. The van der Waals surface area contributed by atoms with Crippen LogP contribution < -0.4 is 5.73 Å². The summed E-state index contributed by atoms with van der Waals surface area (Å²) in [6.07, 6.45) is 2.81. The predicted molar refractivity (Wildman–Crippen MR) is 55.1 cm³/mol. The molecular formula is C8H7ClN2OS. The van der Waals surface area contributed by atoms with Crippen molar-refractivity contribution < 1.29 is 4.79 Å². The molecule has 0 spiro atoms. The number of thiol groups is 1. The molecule has 1 amide bonds. The summed E-state index contributed by atoms with van der Waals surface area (Å²) in [6.45, 7) is 3.52. The largest absolute Gasteiger partial charge is 0.366 e. The fourth-order valence-electron chi connectivity index (χ4n) is 0.813. The highest BCUT2D eigenvalue weighted by atomic mass is 35.5. The van der Waals surface area contributed by atoms with Crippen LogP contribution in [0.4, 0.5) is 0 Å². The fourth-order valence-corrected chi connectivity index (χ4v) is 1.32. The van der Waals surface area contributed by atoms with Gasteiger partial charge in [-0.15, -0.1) is 12.6 Å². The number of nitrogens with zero attached hydrogens (tertiary/aromatic N) is 1. The molecule has 0 bridgehead atoms. The monoisotopic (exact) mass is 214 g/mol. The Kier molecular flexibility index (Phi) is 2.95. The van der Waals surface area contributed by atoms with E-state index in [0.717, 1.165) is 0 Å². The SMILES string of the molecule is C=Cc1ncc(C(N)=O)c(Cl)c1S. The number of rotatable bonds is 2. The first-order chi connectivity index (χ1) is 6.07. The standard InChI is InChI=1S/C8H7ClN2OS/c1-2-5-7(13)6(9)4(3-11-5)8(10)12/h2-3,13H,1H2,(H2,10,12). The summed E-state index contributed by atoms with van der Waals surface area (Å²) in [5.74, 6) is -0.622. The van der Waals surface area contributed by atoms with E-state index < -0.39 is 5.91 Å². The molecule has 0 aliphatic rings. The number of halogens is 1. The molecule has 0 saturated heterocycles. The summed E-state index contributed by atoms with van der Waals surface area (Å²) in [6, 6.07) is 0. The predicted octanol–water partition coefficient (Wildman–Crippen LogP) is 1.77. The van der Waals surface area contributed by atoms with Crippen molar-refractivity contribution in [2.24, 2.45) is 5.73 Å². The number of nitrogens with two attached hydrogens (primary N) is 1. The van der Waals surface area contributed by atoms with Crippen LogP contribution in [0.3, 0.4) is 0 Å². The van der Waals surface area contributed by atoms with Crippen molar-refractivity contribution in [3.05, 3.63) is 29.1 Å². The summed E-state index contributed by atoms with van der Waals surface area (Å²) in [4.78, 5) is 15.1. The third-order valence-electron chi connectivity index (χ3n) is 1.48. The maximum Gasteiger partial charge on any atom is 0.251 e. The average molecular weight is 215 g/mol. The molecule has 0 radical (unpaired) electrons. The van der Waals surface area contributed by atoms with Crippen molar-refractivity contribution in [3.63, 3.8) is 0 Å². The zero-order valence-electron chi connectivity index (χ0n) is 6.62. The molecule has 68 valence electrons. The zero-order valence-corrected chi connectivity index (χ0v) is 8.27. The molecule has 0 fully saturated rings. The van der Waals surface area contributed by atoms with Crippen molar-refractivity contribution in [1.82, 2.24) is 4.98 Å². The van der Waals surface area contributed by atoms with Crippen LogP contribution >= 0.6 is 24.2 Å². The molecule has 0 saturated carbocycles. The Balaban J connectivity index is 3.39. The van der Waals surface area contributed by atoms with Crippen LogP contribution in [0.5, 0.6) is 0 Å². The lowest BCUT2D eigenvalue weighted by atomic mass is 10.2. The maximum absolute atomic E-state index is 10.8. The highest BCUT2D eigenvalue weighted by Crippen LogP contribution is 2.26. The van der Waals surface area contributed by atoms with Crippen LogP contribution in [0.2, 0.25) is 5.02 Å². The number of pyridine rings is 1. The molecule has 0 aliphatic carbocycles. The quantitative estimate of drug-likeness (QED) is 0.738. The Labute approximate surface area is 86.0 Å². The average Bonchev–Trinajstić information content (AvgIpc) is 2.09. The second kappa shape index (κ2) is 3.81. The van der Waals surface area contributed by atoms with E-state index in [-0.39, 0.29) is 10.6 Å². The summed E-state index contributed by atoms with van der Waals surface area (Å²) in [5, 5.41) is 0.209. The van der Waals surface area contributed by atoms with Crippen molar-refractivity contribution >= 4 is 36.2 Å². The number of aromatic nitrogens is 1. The summed E-state index contributed by atoms with van der Waals surface area (Å²) >= 11 is 9.89. The van der Waals surface area contributed by atoms with Gasteiger partial charge in [-0.25, -0.2) is 0 Å². The highest BCUT2D eigenvalue weighted by molar-refractivity contribution is 7.80. The van der Waals surface area contributed by atoms with Gasteiger partial charge in [0.2, 0.25) is 0 Å². The molecule has 2 N–H and O–H groups in total. The Bertz CT molecular complexity index is 379. The minimum Gasteiger partial charge on any atom is -0.366 e. The van der Waals surface area contributed by atoms with Gasteiger partial charge in [0.05, 0.1) is 16.3 Å². The minimum atomic E-state index is -0.622. The van der Waals surface area contributed by atoms with Gasteiger partial charge in [-0.05, 0) is 6.08 Å². The topological polar surface area (TPSA) is 56.0 Å². The zero-order chi connectivity index (χ0) is 10.0. The van der Waals surface area contributed by atoms with Crippen molar-refractivity contribution in [2.45, 2.75) is 4.90 Å². The van der Waals surface area contributed by atoms with Gasteiger partial charge in [0, 0.05) is 11.1 Å². The van der Waals surface area contributed by atoms with E-state index in [1.807, 2.05) is 0 Å². The lowest BCUT2D eigenvalue weighted by Gasteiger charge is -2.04. The molecular weight excluding hydrogens is 208 g/mol. The van der Waals surface area contributed by atoms with Gasteiger partial charge in [-0.3, -0.25) is 9.78 Å². The number of primary amides is 1. The van der Waals surface area contributed by atoms with E-state index in [0.29, 0.717) is 10.6 Å². The van der Waals surface area contributed by atoms with Gasteiger partial charge >= 0.3 is 0 Å². The molecule has 1 rings (SSSR count). The first-order valence-corrected chi connectivity index (χ1v) is 4.20. The first kappa shape index (κ1) is 10.1. The Hall–Kier alpha value is -1.00. The number of hydrogen-bond acceptors (Lipinski definition) is 3. The smallest absolute Gasteiger partial charge is 0.251 e. The van der Waals surface area contributed by atoms with Gasteiger partial charge < -0.3 is 5.73 Å². The van der Waals surface area contributed by atoms with Gasteiger partial charge in [0.15, 0.2) is 0 Å². The van der Waals surface area contributed by atoms with Gasteiger partial charge in [0.25, 0.3) is 5.91 Å². The van der Waals surface area contributed by atoms with Crippen LogP contribution in [0.25, 0.3) is 6.08 Å². The molecule has 0 aliphatic heterocycles. The molecule has 1 aromatic heterocycles. The molecule has 1 heterocycles. The van der Waals surface area contributed by atoms with E-state index in [1.54, 1.807) is 0 Å². The summed E-state index contributed by atoms with van der Waals surface area (Å²) < 4.78 is 0. The lowest BCUT2D eigenvalue weighted by Crippen LogP contribution is -2.12. The third kappa shape index (κ3) is 1.84. The van der Waals surface area contributed by atoms with Crippen molar-refractivity contribution in [3.8, 4) is 0 Å². The second-order valence-electron chi connectivity index (χ2n) is 2.29. The number of hydrogen-bond donors (Lipinski definition) is 2. The van der Waals surface area contributed by atoms with Crippen molar-refractivity contribution in [2.75, 3.05) is 0 Å². The summed E-state index contributed by atoms with van der Waals surface area (Å²) in [7, 11) is 0. The van der Waals surface area contributed by atoms with E-state index in [2.05, 4.69) is 24.2 Å².